The van der Waals surface area contributed by atoms with Gasteiger partial charge >= 0.3 is 0 Å². The molecule has 30 heavy (non-hydrogen) atoms. The summed E-state index contributed by atoms with van der Waals surface area (Å²) in [5.74, 6) is 0. The van der Waals surface area contributed by atoms with E-state index in [0.717, 1.165) is 11.1 Å². The Morgan fingerprint density at radius 3 is 2.10 bits per heavy atom. The lowest BCUT2D eigenvalue weighted by Crippen LogP contribution is -2.15. The van der Waals surface area contributed by atoms with Gasteiger partial charge in [0.15, 0.2) is 0 Å². The Morgan fingerprint density at radius 2 is 1.37 bits per heavy atom. The molecule has 0 heteroatoms. The third-order valence-electron chi connectivity index (χ3n) is 6.68. The summed E-state index contributed by atoms with van der Waals surface area (Å²) < 4.78 is 0. The fourth-order valence-electron chi connectivity index (χ4n) is 5.09. The highest BCUT2D eigenvalue weighted by molar-refractivity contribution is 6.00. The molecule has 0 unspecified atom stereocenters. The Morgan fingerprint density at radius 1 is 0.700 bits per heavy atom. The molecule has 0 nitrogen and oxygen atoms in total. The van der Waals surface area contributed by atoms with Crippen LogP contribution >= 0.6 is 0 Å². The lowest BCUT2D eigenvalue weighted by Gasteiger charge is -2.23. The van der Waals surface area contributed by atoms with Gasteiger partial charge in [-0.2, -0.15) is 0 Å². The van der Waals surface area contributed by atoms with Crippen molar-refractivity contribution in [2.75, 3.05) is 0 Å². The molecule has 0 saturated carbocycles. The van der Waals surface area contributed by atoms with Crippen molar-refractivity contribution in [1.29, 1.82) is 0 Å². The molecule has 0 heterocycles. The molecular weight excluding hydrogens is 360 g/mol. The number of aryl methyl sites for hydroxylation is 1. The third-order valence-corrected chi connectivity index (χ3v) is 6.68. The van der Waals surface area contributed by atoms with Crippen molar-refractivity contribution in [2.24, 2.45) is 0 Å². The SMILES string of the molecule is C=Cc1c(-c2ccc3c(c2)C(C)(C)c2cc(C)ccc2-3)cc2ccccc2c1C=C. The highest BCUT2D eigenvalue weighted by Crippen LogP contribution is 2.50. The molecule has 0 spiro atoms. The summed E-state index contributed by atoms with van der Waals surface area (Å²) in [6.45, 7) is 15.1. The van der Waals surface area contributed by atoms with E-state index in [9.17, 15) is 0 Å². The average molecular weight is 387 g/mol. The van der Waals surface area contributed by atoms with Gasteiger partial charge in [-0.25, -0.2) is 0 Å². The minimum atomic E-state index is -0.0147. The summed E-state index contributed by atoms with van der Waals surface area (Å²) in [6, 6.07) is 24.6. The molecule has 1 aliphatic rings. The number of fused-ring (bicyclic) bond motifs is 4. The molecule has 146 valence electrons. The first-order valence-corrected chi connectivity index (χ1v) is 10.5. The Hall–Kier alpha value is -3.38. The lowest BCUT2D eigenvalue weighted by molar-refractivity contribution is 0.660. The largest absolute Gasteiger partial charge is 0.0984 e. The molecule has 0 fully saturated rings. The quantitative estimate of drug-likeness (QED) is 0.331. The summed E-state index contributed by atoms with van der Waals surface area (Å²) in [6.07, 6.45) is 3.92. The zero-order valence-electron chi connectivity index (χ0n) is 17.9. The van der Waals surface area contributed by atoms with Crippen molar-refractivity contribution in [3.8, 4) is 22.3 Å². The lowest BCUT2D eigenvalue weighted by atomic mass is 9.80. The van der Waals surface area contributed by atoms with Crippen LogP contribution in [0.5, 0.6) is 0 Å². The summed E-state index contributed by atoms with van der Waals surface area (Å²) in [4.78, 5) is 0. The average Bonchev–Trinajstić information content (AvgIpc) is 2.98. The van der Waals surface area contributed by atoms with Crippen molar-refractivity contribution in [2.45, 2.75) is 26.2 Å². The molecule has 0 N–H and O–H groups in total. The standard InChI is InChI=1S/C30H26/c1-6-22-23(7-2)27(17-20-10-8-9-11-24(20)22)21-13-15-26-25-14-12-19(3)16-28(25)30(4,5)29(26)18-21/h6-18H,1-2H2,3-5H3. The Balaban J connectivity index is 1.78. The molecule has 0 saturated heterocycles. The van der Waals surface area contributed by atoms with E-state index in [1.54, 1.807) is 0 Å². The van der Waals surface area contributed by atoms with E-state index in [4.69, 9.17) is 0 Å². The zero-order valence-corrected chi connectivity index (χ0v) is 17.9. The first kappa shape index (κ1) is 18.6. The van der Waals surface area contributed by atoms with E-state index < -0.39 is 0 Å². The predicted molar refractivity (Wildman–Crippen MR) is 132 cm³/mol. The van der Waals surface area contributed by atoms with Gasteiger partial charge < -0.3 is 0 Å². The molecule has 0 amide bonds. The van der Waals surface area contributed by atoms with Crippen molar-refractivity contribution in [1.82, 2.24) is 0 Å². The number of rotatable bonds is 3. The van der Waals surface area contributed by atoms with Gasteiger partial charge in [0.2, 0.25) is 0 Å². The van der Waals surface area contributed by atoms with Crippen LogP contribution in [0.2, 0.25) is 0 Å². The van der Waals surface area contributed by atoms with Gasteiger partial charge in [-0.05, 0) is 74.3 Å². The molecule has 4 aromatic carbocycles. The monoisotopic (exact) mass is 386 g/mol. The Bertz CT molecular complexity index is 1350. The van der Waals surface area contributed by atoms with Crippen LogP contribution in [-0.4, -0.2) is 0 Å². The van der Waals surface area contributed by atoms with Crippen molar-refractivity contribution >= 4 is 22.9 Å². The molecule has 4 aromatic rings. The summed E-state index contributed by atoms with van der Waals surface area (Å²) in [7, 11) is 0. The Kier molecular flexibility index (Phi) is 4.08. The summed E-state index contributed by atoms with van der Waals surface area (Å²) >= 11 is 0. The number of hydrogen-bond acceptors (Lipinski definition) is 0. The van der Waals surface area contributed by atoms with Gasteiger partial charge in [0.1, 0.15) is 0 Å². The van der Waals surface area contributed by atoms with Gasteiger partial charge in [-0.15, -0.1) is 0 Å². The van der Waals surface area contributed by atoms with Crippen LogP contribution in [0.3, 0.4) is 0 Å². The second kappa shape index (κ2) is 6.57. The number of benzene rings is 4. The second-order valence-electron chi connectivity index (χ2n) is 8.82. The van der Waals surface area contributed by atoms with Gasteiger partial charge in [-0.1, -0.05) is 99.3 Å². The van der Waals surface area contributed by atoms with Gasteiger partial charge in [0.25, 0.3) is 0 Å². The van der Waals surface area contributed by atoms with E-state index in [-0.39, 0.29) is 5.41 Å². The van der Waals surface area contributed by atoms with E-state index in [1.807, 2.05) is 12.2 Å². The van der Waals surface area contributed by atoms with Crippen LogP contribution in [0.4, 0.5) is 0 Å². The fourth-order valence-corrected chi connectivity index (χ4v) is 5.09. The normalized spacial score (nSPS) is 13.7. The van der Waals surface area contributed by atoms with Gasteiger partial charge in [0.05, 0.1) is 0 Å². The maximum atomic E-state index is 4.13. The molecular formula is C30H26. The van der Waals surface area contributed by atoms with Crippen molar-refractivity contribution < 1.29 is 0 Å². The van der Waals surface area contributed by atoms with Crippen molar-refractivity contribution in [3.63, 3.8) is 0 Å². The minimum Gasteiger partial charge on any atom is -0.0984 e. The minimum absolute atomic E-state index is 0.0147. The van der Waals surface area contributed by atoms with E-state index >= 15 is 0 Å². The summed E-state index contributed by atoms with van der Waals surface area (Å²) in [5.41, 5.74) is 11.6. The Labute approximate surface area is 179 Å². The smallest absolute Gasteiger partial charge is 0.0159 e. The molecule has 1 aliphatic carbocycles. The topological polar surface area (TPSA) is 0 Å². The van der Waals surface area contributed by atoms with Crippen LogP contribution < -0.4 is 0 Å². The maximum Gasteiger partial charge on any atom is 0.0159 e. The second-order valence-corrected chi connectivity index (χ2v) is 8.82. The molecule has 0 aliphatic heterocycles. The van der Waals surface area contributed by atoms with E-state index in [0.29, 0.717) is 0 Å². The van der Waals surface area contributed by atoms with Crippen LogP contribution in [0.25, 0.3) is 45.2 Å². The highest BCUT2D eigenvalue weighted by atomic mass is 14.4. The summed E-state index contributed by atoms with van der Waals surface area (Å²) in [5, 5.41) is 2.45. The van der Waals surface area contributed by atoms with Crippen LogP contribution in [0.1, 0.15) is 41.7 Å². The van der Waals surface area contributed by atoms with Crippen LogP contribution in [0.15, 0.2) is 79.9 Å². The van der Waals surface area contributed by atoms with Crippen molar-refractivity contribution in [3.05, 3.63) is 108 Å². The molecule has 0 bridgehead atoms. The first-order valence-electron chi connectivity index (χ1n) is 10.5. The maximum absolute atomic E-state index is 4.13. The third kappa shape index (κ3) is 2.53. The van der Waals surface area contributed by atoms with Gasteiger partial charge in [-0.3, -0.25) is 0 Å². The first-order chi connectivity index (χ1) is 14.5. The van der Waals surface area contributed by atoms with E-state index in [2.05, 4.69) is 101 Å². The van der Waals surface area contributed by atoms with Crippen LogP contribution in [-0.2, 0) is 5.41 Å². The highest BCUT2D eigenvalue weighted by Gasteiger charge is 2.35. The van der Waals surface area contributed by atoms with E-state index in [1.165, 1.54) is 49.7 Å². The van der Waals surface area contributed by atoms with Crippen LogP contribution in [0, 0.1) is 6.92 Å². The molecule has 0 aromatic heterocycles. The molecule has 0 radical (unpaired) electrons. The number of hydrogen-bond donors (Lipinski definition) is 0. The fraction of sp³-hybridized carbons (Fsp3) is 0.133. The predicted octanol–water partition coefficient (Wildman–Crippen LogP) is 8.41. The van der Waals surface area contributed by atoms with Gasteiger partial charge in [0, 0.05) is 5.41 Å². The molecule has 5 rings (SSSR count). The molecule has 0 atom stereocenters. The zero-order chi connectivity index (χ0) is 21.0.